The Morgan fingerprint density at radius 1 is 1.25 bits per heavy atom. The lowest BCUT2D eigenvalue weighted by Crippen LogP contribution is -2.46. The largest absolute Gasteiger partial charge is 0.368 e. The van der Waals surface area contributed by atoms with E-state index in [9.17, 15) is 0 Å². The second-order valence-corrected chi connectivity index (χ2v) is 4.51. The van der Waals surface area contributed by atoms with Gasteiger partial charge in [-0.1, -0.05) is 0 Å². The maximum Gasteiger partial charge on any atom is 0.0546 e. The molecule has 0 aromatic carbocycles. The molecule has 2 heterocycles. The maximum absolute atomic E-state index is 5.53. The SMILES string of the molecule is Cn1ccc(N2CCN(CCCN)CC2)c1. The molecule has 0 aliphatic carbocycles. The van der Waals surface area contributed by atoms with Crippen LogP contribution in [0.25, 0.3) is 0 Å². The smallest absolute Gasteiger partial charge is 0.0546 e. The Labute approximate surface area is 97.6 Å². The Morgan fingerprint density at radius 3 is 2.56 bits per heavy atom. The standard InChI is InChI=1S/C12H22N4/c1-14-6-3-12(11-14)16-9-7-15(8-10-16)5-2-4-13/h3,6,11H,2,4-5,7-10,13H2,1H3. The van der Waals surface area contributed by atoms with Gasteiger partial charge in [0.05, 0.1) is 5.69 Å². The lowest BCUT2D eigenvalue weighted by atomic mass is 10.2. The van der Waals surface area contributed by atoms with Crippen molar-refractivity contribution < 1.29 is 0 Å². The highest BCUT2D eigenvalue weighted by molar-refractivity contribution is 5.45. The summed E-state index contributed by atoms with van der Waals surface area (Å²) in [7, 11) is 2.07. The van der Waals surface area contributed by atoms with Crippen molar-refractivity contribution in [2.75, 3.05) is 44.2 Å². The minimum atomic E-state index is 0.804. The Bertz CT molecular complexity index is 313. The second kappa shape index (κ2) is 5.37. The number of hydrogen-bond acceptors (Lipinski definition) is 3. The molecule has 4 nitrogen and oxygen atoms in total. The molecule has 0 unspecified atom stereocenters. The lowest BCUT2D eigenvalue weighted by molar-refractivity contribution is 0.256. The van der Waals surface area contributed by atoms with Gasteiger partial charge in [-0.05, 0) is 25.6 Å². The van der Waals surface area contributed by atoms with Gasteiger partial charge in [0.2, 0.25) is 0 Å². The number of piperazine rings is 1. The van der Waals surface area contributed by atoms with Gasteiger partial charge >= 0.3 is 0 Å². The summed E-state index contributed by atoms with van der Waals surface area (Å²) >= 11 is 0. The molecule has 90 valence electrons. The molecule has 0 radical (unpaired) electrons. The summed E-state index contributed by atoms with van der Waals surface area (Å²) in [5, 5.41) is 0. The molecule has 0 atom stereocenters. The first-order chi connectivity index (χ1) is 7.79. The molecule has 2 N–H and O–H groups in total. The van der Waals surface area contributed by atoms with E-state index < -0.39 is 0 Å². The van der Waals surface area contributed by atoms with Gasteiger partial charge in [-0.25, -0.2) is 0 Å². The Kier molecular flexibility index (Phi) is 3.85. The Balaban J connectivity index is 1.81. The van der Waals surface area contributed by atoms with Crippen molar-refractivity contribution in [3.8, 4) is 0 Å². The molecule has 1 aliphatic heterocycles. The third-order valence-electron chi connectivity index (χ3n) is 3.23. The van der Waals surface area contributed by atoms with Crippen LogP contribution in [0.1, 0.15) is 6.42 Å². The van der Waals surface area contributed by atoms with Crippen LogP contribution < -0.4 is 10.6 Å². The van der Waals surface area contributed by atoms with Crippen LogP contribution in [0.2, 0.25) is 0 Å². The number of rotatable bonds is 4. The number of aromatic nitrogens is 1. The van der Waals surface area contributed by atoms with E-state index in [1.54, 1.807) is 0 Å². The van der Waals surface area contributed by atoms with E-state index in [0.29, 0.717) is 0 Å². The first kappa shape index (κ1) is 11.5. The van der Waals surface area contributed by atoms with Crippen molar-refractivity contribution in [1.82, 2.24) is 9.47 Å². The number of anilines is 1. The fraction of sp³-hybridized carbons (Fsp3) is 0.667. The fourth-order valence-electron chi connectivity index (χ4n) is 2.22. The van der Waals surface area contributed by atoms with Crippen LogP contribution in [0, 0.1) is 0 Å². The molecule has 0 bridgehead atoms. The molecule has 1 aromatic heterocycles. The number of aryl methyl sites for hydroxylation is 1. The minimum Gasteiger partial charge on any atom is -0.368 e. The second-order valence-electron chi connectivity index (χ2n) is 4.51. The monoisotopic (exact) mass is 222 g/mol. The van der Waals surface area contributed by atoms with Crippen LogP contribution in [-0.4, -0.2) is 48.7 Å². The van der Waals surface area contributed by atoms with Crippen molar-refractivity contribution in [2.24, 2.45) is 12.8 Å². The Morgan fingerprint density at radius 2 is 2.00 bits per heavy atom. The third-order valence-corrected chi connectivity index (χ3v) is 3.23. The first-order valence-corrected chi connectivity index (χ1v) is 6.09. The van der Waals surface area contributed by atoms with Gasteiger partial charge in [0.15, 0.2) is 0 Å². The van der Waals surface area contributed by atoms with Gasteiger partial charge in [0, 0.05) is 45.6 Å². The quantitative estimate of drug-likeness (QED) is 0.806. The zero-order valence-corrected chi connectivity index (χ0v) is 10.1. The van der Waals surface area contributed by atoms with Gasteiger partial charge in [0.25, 0.3) is 0 Å². The van der Waals surface area contributed by atoms with Gasteiger partial charge < -0.3 is 15.2 Å². The summed E-state index contributed by atoms with van der Waals surface area (Å²) in [6, 6.07) is 2.19. The molecular formula is C12H22N4. The normalized spacial score (nSPS) is 18.0. The summed E-state index contributed by atoms with van der Waals surface area (Å²) in [6.45, 7) is 6.55. The van der Waals surface area contributed by atoms with Gasteiger partial charge in [-0.3, -0.25) is 4.90 Å². The summed E-state index contributed by atoms with van der Waals surface area (Å²) in [4.78, 5) is 4.96. The van der Waals surface area contributed by atoms with E-state index in [-0.39, 0.29) is 0 Å². The Hall–Kier alpha value is -1.00. The molecular weight excluding hydrogens is 200 g/mol. The van der Waals surface area contributed by atoms with E-state index in [2.05, 4.69) is 39.9 Å². The number of nitrogens with zero attached hydrogens (tertiary/aromatic N) is 3. The van der Waals surface area contributed by atoms with Crippen molar-refractivity contribution in [3.63, 3.8) is 0 Å². The molecule has 0 amide bonds. The van der Waals surface area contributed by atoms with Crippen molar-refractivity contribution in [2.45, 2.75) is 6.42 Å². The molecule has 1 aliphatic rings. The van der Waals surface area contributed by atoms with Gasteiger partial charge in [-0.15, -0.1) is 0 Å². The fourth-order valence-corrected chi connectivity index (χ4v) is 2.22. The first-order valence-electron chi connectivity index (χ1n) is 6.09. The van der Waals surface area contributed by atoms with Crippen molar-refractivity contribution in [1.29, 1.82) is 0 Å². The van der Waals surface area contributed by atoms with Gasteiger partial charge in [-0.2, -0.15) is 0 Å². The number of nitrogens with two attached hydrogens (primary N) is 1. The number of hydrogen-bond donors (Lipinski definition) is 1. The summed E-state index contributed by atoms with van der Waals surface area (Å²) in [5.74, 6) is 0. The van der Waals surface area contributed by atoms with E-state index in [4.69, 9.17) is 5.73 Å². The van der Waals surface area contributed by atoms with Crippen LogP contribution in [0.4, 0.5) is 5.69 Å². The van der Waals surface area contributed by atoms with E-state index in [1.165, 1.54) is 5.69 Å². The van der Waals surface area contributed by atoms with Crippen LogP contribution >= 0.6 is 0 Å². The third kappa shape index (κ3) is 2.77. The van der Waals surface area contributed by atoms with Crippen LogP contribution in [0.15, 0.2) is 18.5 Å². The van der Waals surface area contributed by atoms with Crippen LogP contribution in [-0.2, 0) is 7.05 Å². The molecule has 16 heavy (non-hydrogen) atoms. The summed E-state index contributed by atoms with van der Waals surface area (Å²) < 4.78 is 2.11. The molecule has 1 fully saturated rings. The van der Waals surface area contributed by atoms with Crippen LogP contribution in [0.5, 0.6) is 0 Å². The predicted molar refractivity (Wildman–Crippen MR) is 67.7 cm³/mol. The van der Waals surface area contributed by atoms with Gasteiger partial charge in [0.1, 0.15) is 0 Å². The average molecular weight is 222 g/mol. The van der Waals surface area contributed by atoms with E-state index >= 15 is 0 Å². The zero-order chi connectivity index (χ0) is 11.4. The topological polar surface area (TPSA) is 37.4 Å². The minimum absolute atomic E-state index is 0.804. The maximum atomic E-state index is 5.53. The molecule has 0 saturated carbocycles. The highest BCUT2D eigenvalue weighted by Gasteiger charge is 2.16. The molecule has 0 spiro atoms. The molecule has 4 heteroatoms. The summed E-state index contributed by atoms with van der Waals surface area (Å²) in [5.41, 5.74) is 6.88. The summed E-state index contributed by atoms with van der Waals surface area (Å²) in [6.07, 6.45) is 5.41. The lowest BCUT2D eigenvalue weighted by Gasteiger charge is -2.35. The van der Waals surface area contributed by atoms with E-state index in [1.807, 2.05) is 0 Å². The zero-order valence-electron chi connectivity index (χ0n) is 10.1. The molecule has 2 rings (SSSR count). The van der Waals surface area contributed by atoms with Crippen molar-refractivity contribution >= 4 is 5.69 Å². The highest BCUT2D eigenvalue weighted by atomic mass is 15.3. The molecule has 1 aromatic rings. The average Bonchev–Trinajstić information content (AvgIpc) is 2.74. The van der Waals surface area contributed by atoms with Crippen LogP contribution in [0.3, 0.4) is 0 Å². The van der Waals surface area contributed by atoms with E-state index in [0.717, 1.165) is 45.7 Å². The molecule has 1 saturated heterocycles. The highest BCUT2D eigenvalue weighted by Crippen LogP contribution is 2.16. The van der Waals surface area contributed by atoms with Crippen molar-refractivity contribution in [3.05, 3.63) is 18.5 Å². The predicted octanol–water partition coefficient (Wildman–Crippen LogP) is 0.496.